The van der Waals surface area contributed by atoms with Crippen LogP contribution in [0.1, 0.15) is 57.6 Å². The first-order valence-corrected chi connectivity index (χ1v) is 12.3. The molecular weight excluding hydrogens is 406 g/mol. The highest BCUT2D eigenvalue weighted by molar-refractivity contribution is 5.90. The molecule has 2 N–H and O–H groups in total. The van der Waals surface area contributed by atoms with Crippen molar-refractivity contribution >= 4 is 22.7 Å². The van der Waals surface area contributed by atoms with Crippen molar-refractivity contribution in [3.05, 3.63) is 59.7 Å². The average molecular weight is 446 g/mol. The fourth-order valence-electron chi connectivity index (χ4n) is 4.70. The Morgan fingerprint density at radius 3 is 2.27 bits per heavy atom. The van der Waals surface area contributed by atoms with Crippen LogP contribution in [0.15, 0.2) is 48.5 Å². The summed E-state index contributed by atoms with van der Waals surface area (Å²) in [6.45, 7) is 8.82. The predicted octanol–water partition coefficient (Wildman–Crippen LogP) is 5.75. The normalized spacial score (nSPS) is 18.9. The zero-order valence-electron chi connectivity index (χ0n) is 20.9. The fraction of sp³-hybridized carbons (Fsp3) is 0.500. The largest absolute Gasteiger partial charge is 0.362 e. The molecule has 0 amide bonds. The highest BCUT2D eigenvalue weighted by Crippen LogP contribution is 2.28. The third-order valence-corrected chi connectivity index (χ3v) is 6.77. The molecule has 0 saturated heterocycles. The van der Waals surface area contributed by atoms with Gasteiger partial charge in [0.05, 0.1) is 5.52 Å². The lowest BCUT2D eigenvalue weighted by Crippen LogP contribution is -2.31. The summed E-state index contributed by atoms with van der Waals surface area (Å²) in [6, 6.07) is 17.7. The molecule has 176 valence electrons. The zero-order valence-corrected chi connectivity index (χ0v) is 20.9. The van der Waals surface area contributed by atoms with Crippen LogP contribution in [-0.4, -0.2) is 36.6 Å². The summed E-state index contributed by atoms with van der Waals surface area (Å²) >= 11 is 0. The van der Waals surface area contributed by atoms with E-state index in [9.17, 15) is 0 Å². The van der Waals surface area contributed by atoms with Crippen LogP contribution in [0, 0.1) is 5.92 Å². The second kappa shape index (κ2) is 10.1. The molecule has 5 heteroatoms. The first-order chi connectivity index (χ1) is 15.8. The number of aromatic nitrogens is 2. The highest BCUT2D eigenvalue weighted by atomic mass is 15.2. The Bertz CT molecular complexity index is 1040. The van der Waals surface area contributed by atoms with Gasteiger partial charge in [0.1, 0.15) is 5.82 Å². The molecule has 1 aliphatic carbocycles. The minimum absolute atomic E-state index is 0.213. The molecule has 1 aliphatic rings. The standard InChI is InChI=1S/C28H39N5/c1-28(2,3)22-14-10-20(11-15-22)18-29-19-21-12-16-23(17-13-21)30-27-31-25-9-7-6-8-24(25)26(32-27)33(4)5/h6-11,14-15,21,23,29H,12-13,16-19H2,1-5H3,(H,30,31,32)/t21-,23+. The van der Waals surface area contributed by atoms with E-state index in [1.165, 1.54) is 36.8 Å². The number of hydrogen-bond acceptors (Lipinski definition) is 5. The second-order valence-electron chi connectivity index (χ2n) is 10.7. The molecule has 0 atom stereocenters. The van der Waals surface area contributed by atoms with E-state index < -0.39 is 0 Å². The van der Waals surface area contributed by atoms with Crippen molar-refractivity contribution in [1.82, 2.24) is 15.3 Å². The van der Waals surface area contributed by atoms with E-state index in [0.29, 0.717) is 6.04 Å². The Morgan fingerprint density at radius 1 is 0.909 bits per heavy atom. The Balaban J connectivity index is 1.26. The Labute approximate surface area is 199 Å². The molecule has 33 heavy (non-hydrogen) atoms. The lowest BCUT2D eigenvalue weighted by Gasteiger charge is -2.29. The van der Waals surface area contributed by atoms with Gasteiger partial charge >= 0.3 is 0 Å². The van der Waals surface area contributed by atoms with E-state index in [0.717, 1.165) is 41.7 Å². The second-order valence-corrected chi connectivity index (χ2v) is 10.7. The fourth-order valence-corrected chi connectivity index (χ4v) is 4.70. The molecule has 1 aromatic heterocycles. The number of benzene rings is 2. The Hall–Kier alpha value is -2.66. The van der Waals surface area contributed by atoms with Crippen LogP contribution in [-0.2, 0) is 12.0 Å². The van der Waals surface area contributed by atoms with Crippen LogP contribution in [0.3, 0.4) is 0 Å². The molecule has 1 saturated carbocycles. The molecule has 0 spiro atoms. The van der Waals surface area contributed by atoms with Gasteiger partial charge in [0.25, 0.3) is 0 Å². The van der Waals surface area contributed by atoms with Gasteiger partial charge < -0.3 is 15.5 Å². The Kier molecular flexibility index (Phi) is 7.18. The number of hydrogen-bond donors (Lipinski definition) is 2. The zero-order chi connectivity index (χ0) is 23.4. The predicted molar refractivity (Wildman–Crippen MR) is 140 cm³/mol. The molecule has 1 fully saturated rings. The summed E-state index contributed by atoms with van der Waals surface area (Å²) in [5, 5.41) is 8.40. The van der Waals surface area contributed by atoms with Gasteiger partial charge in [-0.05, 0) is 66.8 Å². The maximum atomic E-state index is 4.81. The van der Waals surface area contributed by atoms with Crippen molar-refractivity contribution in [2.75, 3.05) is 30.9 Å². The summed E-state index contributed by atoms with van der Waals surface area (Å²) < 4.78 is 0. The van der Waals surface area contributed by atoms with Crippen LogP contribution in [0.4, 0.5) is 11.8 Å². The SMILES string of the molecule is CN(C)c1nc(N[C@H]2CC[C@@H](CNCc3ccc(C(C)(C)C)cc3)CC2)nc2ccccc12. The maximum absolute atomic E-state index is 4.81. The summed E-state index contributed by atoms with van der Waals surface area (Å²) in [6.07, 6.45) is 4.81. The molecule has 0 radical (unpaired) electrons. The number of fused-ring (bicyclic) bond motifs is 1. The maximum Gasteiger partial charge on any atom is 0.225 e. The molecule has 3 aromatic rings. The molecule has 0 aliphatic heterocycles. The number of nitrogens with one attached hydrogen (secondary N) is 2. The molecule has 0 unspecified atom stereocenters. The van der Waals surface area contributed by atoms with Gasteiger partial charge in [-0.3, -0.25) is 0 Å². The van der Waals surface area contributed by atoms with Gasteiger partial charge in [0.2, 0.25) is 5.95 Å². The van der Waals surface area contributed by atoms with E-state index in [1.807, 2.05) is 26.2 Å². The highest BCUT2D eigenvalue weighted by Gasteiger charge is 2.22. The molecule has 0 bridgehead atoms. The van der Waals surface area contributed by atoms with Crippen molar-refractivity contribution in [2.45, 2.75) is 64.5 Å². The van der Waals surface area contributed by atoms with E-state index in [2.05, 4.69) is 72.7 Å². The van der Waals surface area contributed by atoms with E-state index in [-0.39, 0.29) is 5.41 Å². The van der Waals surface area contributed by atoms with Crippen LogP contribution in [0.2, 0.25) is 0 Å². The molecular formula is C28H39N5. The third-order valence-electron chi connectivity index (χ3n) is 6.77. The monoisotopic (exact) mass is 445 g/mol. The minimum Gasteiger partial charge on any atom is -0.362 e. The van der Waals surface area contributed by atoms with Gasteiger partial charge in [-0.1, -0.05) is 57.2 Å². The number of rotatable bonds is 7. The minimum atomic E-state index is 0.213. The van der Waals surface area contributed by atoms with Crippen molar-refractivity contribution in [3.63, 3.8) is 0 Å². The summed E-state index contributed by atoms with van der Waals surface area (Å²) in [5.41, 5.74) is 3.96. The topological polar surface area (TPSA) is 53.1 Å². The van der Waals surface area contributed by atoms with Gasteiger partial charge in [-0.15, -0.1) is 0 Å². The molecule has 4 rings (SSSR count). The summed E-state index contributed by atoms with van der Waals surface area (Å²) in [4.78, 5) is 11.6. The van der Waals surface area contributed by atoms with Gasteiger partial charge in [0.15, 0.2) is 0 Å². The van der Waals surface area contributed by atoms with Gasteiger partial charge in [-0.2, -0.15) is 4.98 Å². The van der Waals surface area contributed by atoms with Crippen LogP contribution < -0.4 is 15.5 Å². The quantitative estimate of drug-likeness (QED) is 0.485. The van der Waals surface area contributed by atoms with Gasteiger partial charge in [-0.25, -0.2) is 4.98 Å². The lowest BCUT2D eigenvalue weighted by molar-refractivity contribution is 0.324. The van der Waals surface area contributed by atoms with Crippen molar-refractivity contribution in [2.24, 2.45) is 5.92 Å². The lowest BCUT2D eigenvalue weighted by atomic mass is 9.86. The van der Waals surface area contributed by atoms with Crippen molar-refractivity contribution < 1.29 is 0 Å². The molecule has 5 nitrogen and oxygen atoms in total. The molecule has 1 heterocycles. The van der Waals surface area contributed by atoms with E-state index >= 15 is 0 Å². The number of nitrogens with zero attached hydrogens (tertiary/aromatic N) is 3. The van der Waals surface area contributed by atoms with E-state index in [4.69, 9.17) is 9.97 Å². The van der Waals surface area contributed by atoms with Gasteiger partial charge in [0, 0.05) is 32.1 Å². The van der Waals surface area contributed by atoms with Crippen molar-refractivity contribution in [1.29, 1.82) is 0 Å². The number of anilines is 2. The summed E-state index contributed by atoms with van der Waals surface area (Å²) in [7, 11) is 4.07. The smallest absolute Gasteiger partial charge is 0.225 e. The van der Waals surface area contributed by atoms with Crippen LogP contribution in [0.25, 0.3) is 10.9 Å². The Morgan fingerprint density at radius 2 is 1.61 bits per heavy atom. The van der Waals surface area contributed by atoms with Crippen LogP contribution in [0.5, 0.6) is 0 Å². The van der Waals surface area contributed by atoms with Crippen molar-refractivity contribution in [3.8, 4) is 0 Å². The number of para-hydroxylation sites is 1. The third kappa shape index (κ3) is 6.02. The van der Waals surface area contributed by atoms with Crippen LogP contribution >= 0.6 is 0 Å². The molecule has 2 aromatic carbocycles. The first-order valence-electron chi connectivity index (χ1n) is 12.3. The first kappa shape index (κ1) is 23.5. The van der Waals surface area contributed by atoms with E-state index in [1.54, 1.807) is 0 Å². The average Bonchev–Trinajstić information content (AvgIpc) is 2.79. The summed E-state index contributed by atoms with van der Waals surface area (Å²) in [5.74, 6) is 2.46.